The molecule has 6 nitrogen and oxygen atoms in total. The summed E-state index contributed by atoms with van der Waals surface area (Å²) < 4.78 is 48.0. The van der Waals surface area contributed by atoms with E-state index in [4.69, 9.17) is 0 Å². The minimum atomic E-state index is -4.89. The Bertz CT molecular complexity index is 884. The zero-order chi connectivity index (χ0) is 18.4. The third-order valence-corrected chi connectivity index (χ3v) is 4.63. The van der Waals surface area contributed by atoms with Gasteiger partial charge in [0.05, 0.1) is 9.82 Å². The number of halogens is 2. The molecule has 0 aliphatic carbocycles. The van der Waals surface area contributed by atoms with Crippen molar-refractivity contribution in [1.29, 1.82) is 0 Å². The number of benzene rings is 2. The van der Waals surface area contributed by atoms with Gasteiger partial charge in [0.15, 0.2) is 0 Å². The number of nitrogens with zero attached hydrogens (tertiary/aromatic N) is 1. The van der Waals surface area contributed by atoms with Gasteiger partial charge >= 0.3 is 5.76 Å². The number of nitro groups is 1. The maximum absolute atomic E-state index is 12.6. The smallest absolute Gasteiger partial charge is 0.341 e. The van der Waals surface area contributed by atoms with Crippen molar-refractivity contribution in [3.8, 4) is 0 Å². The van der Waals surface area contributed by atoms with E-state index in [1.807, 2.05) is 30.3 Å². The van der Waals surface area contributed by atoms with Gasteiger partial charge < -0.3 is 5.32 Å². The number of hydrogen-bond donors (Lipinski definition) is 1. The maximum atomic E-state index is 12.6. The molecule has 0 amide bonds. The Morgan fingerprint density at radius 3 is 2.44 bits per heavy atom. The van der Waals surface area contributed by atoms with Crippen LogP contribution in [0.1, 0.15) is 5.56 Å². The molecule has 0 radical (unpaired) electrons. The molecule has 0 aromatic heterocycles. The molecule has 0 atom stereocenters. The summed E-state index contributed by atoms with van der Waals surface area (Å²) in [5.74, 6) is -3.64. The van der Waals surface area contributed by atoms with Crippen molar-refractivity contribution in [1.82, 2.24) is 0 Å². The van der Waals surface area contributed by atoms with Crippen LogP contribution in [-0.2, 0) is 9.84 Å². The van der Waals surface area contributed by atoms with Gasteiger partial charge in [-0.1, -0.05) is 42.5 Å². The van der Waals surface area contributed by atoms with Crippen LogP contribution in [0.4, 0.5) is 20.2 Å². The Morgan fingerprint density at radius 1 is 1.16 bits per heavy atom. The first kappa shape index (κ1) is 18.5. The van der Waals surface area contributed by atoms with Gasteiger partial charge in [-0.25, -0.2) is 8.42 Å². The van der Waals surface area contributed by atoms with Gasteiger partial charge in [-0.15, -0.1) is 0 Å². The second-order valence-electron chi connectivity index (χ2n) is 4.94. The van der Waals surface area contributed by atoms with E-state index in [-0.39, 0.29) is 12.2 Å². The molecule has 0 saturated carbocycles. The first-order valence-electron chi connectivity index (χ1n) is 7.08. The predicted molar refractivity (Wildman–Crippen MR) is 90.3 cm³/mol. The molecule has 0 fully saturated rings. The Labute approximate surface area is 142 Å². The Kier molecular flexibility index (Phi) is 5.81. The first-order valence-corrected chi connectivity index (χ1v) is 8.63. The van der Waals surface area contributed by atoms with Crippen LogP contribution in [0, 0.1) is 10.1 Å². The van der Waals surface area contributed by atoms with Crippen LogP contribution in [0.5, 0.6) is 0 Å². The van der Waals surface area contributed by atoms with E-state index in [0.29, 0.717) is 6.07 Å². The van der Waals surface area contributed by atoms with Crippen molar-refractivity contribution in [2.24, 2.45) is 0 Å². The van der Waals surface area contributed by atoms with E-state index in [0.717, 1.165) is 17.7 Å². The fourth-order valence-electron chi connectivity index (χ4n) is 2.02. The lowest BCUT2D eigenvalue weighted by Gasteiger charge is -2.07. The Hall–Kier alpha value is -2.81. The fraction of sp³-hybridized carbons (Fsp3) is 0.125. The number of nitro benzene ring substituents is 1. The van der Waals surface area contributed by atoms with E-state index in [1.54, 1.807) is 12.2 Å². The number of sulfone groups is 1. The van der Waals surface area contributed by atoms with Crippen molar-refractivity contribution in [2.75, 3.05) is 11.9 Å². The second kappa shape index (κ2) is 7.84. The van der Waals surface area contributed by atoms with Gasteiger partial charge in [0, 0.05) is 12.6 Å². The van der Waals surface area contributed by atoms with Gasteiger partial charge in [-0.05, 0) is 17.7 Å². The molecular weight excluding hydrogens is 354 g/mol. The molecule has 0 bridgehead atoms. The van der Waals surface area contributed by atoms with Crippen molar-refractivity contribution in [2.45, 2.75) is 10.7 Å². The van der Waals surface area contributed by atoms with Crippen LogP contribution >= 0.6 is 0 Å². The topological polar surface area (TPSA) is 89.3 Å². The van der Waals surface area contributed by atoms with Gasteiger partial charge in [0.2, 0.25) is 9.84 Å². The molecule has 9 heteroatoms. The summed E-state index contributed by atoms with van der Waals surface area (Å²) in [5, 5.41) is 13.9. The lowest BCUT2D eigenvalue weighted by atomic mass is 10.2. The molecule has 2 aromatic rings. The molecule has 2 aromatic carbocycles. The average molecular weight is 368 g/mol. The van der Waals surface area contributed by atoms with Crippen LogP contribution < -0.4 is 5.32 Å². The third-order valence-electron chi connectivity index (χ3n) is 3.25. The minimum absolute atomic E-state index is 0.0379. The van der Waals surface area contributed by atoms with Gasteiger partial charge in [0.1, 0.15) is 5.69 Å². The van der Waals surface area contributed by atoms with Crippen LogP contribution in [0.15, 0.2) is 59.5 Å². The summed E-state index contributed by atoms with van der Waals surface area (Å²) >= 11 is 0. The van der Waals surface area contributed by atoms with E-state index >= 15 is 0 Å². The molecule has 1 N–H and O–H groups in total. The maximum Gasteiger partial charge on any atom is 0.341 e. The summed E-state index contributed by atoms with van der Waals surface area (Å²) in [6.07, 6.45) is 3.53. The molecule has 2 rings (SSSR count). The van der Waals surface area contributed by atoms with E-state index in [1.165, 1.54) is 0 Å². The van der Waals surface area contributed by atoms with Crippen molar-refractivity contribution in [3.05, 3.63) is 70.3 Å². The number of anilines is 1. The highest BCUT2D eigenvalue weighted by molar-refractivity contribution is 7.91. The van der Waals surface area contributed by atoms with Crippen LogP contribution in [0.25, 0.3) is 6.08 Å². The highest BCUT2D eigenvalue weighted by Gasteiger charge is 2.29. The fourth-order valence-corrected chi connectivity index (χ4v) is 2.76. The molecule has 0 aliphatic rings. The lowest BCUT2D eigenvalue weighted by molar-refractivity contribution is -0.384. The zero-order valence-electron chi connectivity index (χ0n) is 12.8. The Morgan fingerprint density at radius 2 is 1.84 bits per heavy atom. The summed E-state index contributed by atoms with van der Waals surface area (Å²) in [7, 11) is -4.89. The third kappa shape index (κ3) is 4.60. The largest absolute Gasteiger partial charge is 0.376 e. The minimum Gasteiger partial charge on any atom is -0.376 e. The summed E-state index contributed by atoms with van der Waals surface area (Å²) in [6.45, 7) is 0.233. The number of hydrogen-bond acceptors (Lipinski definition) is 5. The number of nitrogens with one attached hydrogen (secondary N) is 1. The summed E-state index contributed by atoms with van der Waals surface area (Å²) in [4.78, 5) is 9.47. The molecule has 132 valence electrons. The number of alkyl halides is 2. The molecular formula is C16H14F2N2O4S. The molecule has 0 saturated heterocycles. The lowest BCUT2D eigenvalue weighted by Crippen LogP contribution is -2.12. The quantitative estimate of drug-likeness (QED) is 0.594. The zero-order valence-corrected chi connectivity index (χ0v) is 13.6. The summed E-state index contributed by atoms with van der Waals surface area (Å²) in [6, 6.07) is 12.0. The molecule has 25 heavy (non-hydrogen) atoms. The predicted octanol–water partition coefficient (Wildman–Crippen LogP) is 3.72. The number of rotatable bonds is 7. The van der Waals surface area contributed by atoms with Gasteiger partial charge in [-0.2, -0.15) is 8.78 Å². The molecule has 0 aliphatic heterocycles. The molecule has 0 spiro atoms. The second-order valence-corrected chi connectivity index (χ2v) is 6.85. The van der Waals surface area contributed by atoms with Gasteiger partial charge in [-0.3, -0.25) is 10.1 Å². The van der Waals surface area contributed by atoms with Crippen LogP contribution in [-0.4, -0.2) is 25.6 Å². The molecule has 0 unspecified atom stereocenters. The normalized spacial score (nSPS) is 11.8. The van der Waals surface area contributed by atoms with Crippen LogP contribution in [0.2, 0.25) is 0 Å². The van der Waals surface area contributed by atoms with Crippen molar-refractivity contribution < 1.29 is 22.1 Å². The summed E-state index contributed by atoms with van der Waals surface area (Å²) in [5.41, 5.74) is 0.392. The highest BCUT2D eigenvalue weighted by atomic mass is 32.2. The van der Waals surface area contributed by atoms with E-state index < -0.39 is 31.1 Å². The molecule has 0 heterocycles. The highest BCUT2D eigenvalue weighted by Crippen LogP contribution is 2.29. The van der Waals surface area contributed by atoms with Crippen molar-refractivity contribution >= 4 is 27.3 Å². The standard InChI is InChI=1S/C16H14F2N2O4S/c17-16(18)25(23,24)13-8-9-14(15(11-13)20(21)22)19-10-4-7-12-5-2-1-3-6-12/h1-9,11,16,19H,10H2/b7-4+. The van der Waals surface area contributed by atoms with Crippen molar-refractivity contribution in [3.63, 3.8) is 0 Å². The first-order chi connectivity index (χ1) is 11.8. The SMILES string of the molecule is O=[N+]([O-])c1cc(S(=O)(=O)C(F)F)ccc1NC/C=C/c1ccccc1. The monoisotopic (exact) mass is 368 g/mol. The van der Waals surface area contributed by atoms with Crippen LogP contribution in [0.3, 0.4) is 0 Å². The Balaban J connectivity index is 2.18. The van der Waals surface area contributed by atoms with Gasteiger partial charge in [0.25, 0.3) is 5.69 Å². The van der Waals surface area contributed by atoms with E-state index in [9.17, 15) is 27.3 Å². The average Bonchev–Trinajstić information content (AvgIpc) is 2.59. The van der Waals surface area contributed by atoms with E-state index in [2.05, 4.69) is 5.32 Å².